The summed E-state index contributed by atoms with van der Waals surface area (Å²) in [5.41, 5.74) is 6.46. The third-order valence-corrected chi connectivity index (χ3v) is 1.98. The Balaban J connectivity index is 3.00. The van der Waals surface area contributed by atoms with Gasteiger partial charge in [0.1, 0.15) is 0 Å². The monoisotopic (exact) mass is 189 g/mol. The third kappa shape index (κ3) is 1.06. The molecule has 0 spiro atoms. The molecule has 0 saturated carbocycles. The van der Waals surface area contributed by atoms with Crippen molar-refractivity contribution in [2.75, 3.05) is 0 Å². The number of benzene rings is 1. The van der Waals surface area contributed by atoms with Gasteiger partial charge in [-0.15, -0.1) is 5.11 Å². The molecular weight excluding hydrogens is 182 g/mol. The van der Waals surface area contributed by atoms with Crippen molar-refractivity contribution in [1.29, 1.82) is 5.53 Å². The van der Waals surface area contributed by atoms with Crippen LogP contribution in [-0.2, 0) is 0 Å². The van der Waals surface area contributed by atoms with Crippen molar-refractivity contribution in [2.45, 2.75) is 0 Å². The number of pyridine rings is 1. The van der Waals surface area contributed by atoms with Crippen molar-refractivity contribution in [3.8, 4) is 5.75 Å². The fourth-order valence-electron chi connectivity index (χ4n) is 1.32. The van der Waals surface area contributed by atoms with Crippen molar-refractivity contribution in [3.05, 3.63) is 34.6 Å². The summed E-state index contributed by atoms with van der Waals surface area (Å²) < 4.78 is 0. The second kappa shape index (κ2) is 2.95. The van der Waals surface area contributed by atoms with Gasteiger partial charge in [-0.1, -0.05) is 12.1 Å². The van der Waals surface area contributed by atoms with E-state index < -0.39 is 5.56 Å². The first-order chi connectivity index (χ1) is 6.74. The number of nitrogens with zero attached hydrogens (tertiary/aromatic N) is 1. The molecule has 2 rings (SSSR count). The number of para-hydroxylation sites is 1. The number of nitrogens with one attached hydrogen (secondary N) is 2. The van der Waals surface area contributed by atoms with Gasteiger partial charge >= 0.3 is 0 Å². The Labute approximate surface area is 78.5 Å². The molecule has 0 aliphatic heterocycles. The standard InChI is InChI=1S/C9H7N3O2/c10-12-7-8(13)5-3-1-2-4-6(5)11-9(7)14/h1-4,10H,(H2,11,13,14). The van der Waals surface area contributed by atoms with Crippen molar-refractivity contribution in [3.63, 3.8) is 0 Å². The van der Waals surface area contributed by atoms with E-state index in [-0.39, 0.29) is 11.4 Å². The molecule has 1 aromatic heterocycles. The molecule has 0 fully saturated rings. The molecule has 5 nitrogen and oxygen atoms in total. The summed E-state index contributed by atoms with van der Waals surface area (Å²) in [6.07, 6.45) is 0. The minimum Gasteiger partial charge on any atom is -0.505 e. The van der Waals surface area contributed by atoms with Gasteiger partial charge in [0.05, 0.1) is 5.52 Å². The van der Waals surface area contributed by atoms with Gasteiger partial charge in [-0.25, -0.2) is 5.53 Å². The average molecular weight is 189 g/mol. The largest absolute Gasteiger partial charge is 0.505 e. The number of aromatic nitrogens is 1. The van der Waals surface area contributed by atoms with Crippen LogP contribution in [0.3, 0.4) is 0 Å². The number of aromatic hydroxyl groups is 1. The molecule has 1 aromatic carbocycles. The highest BCUT2D eigenvalue weighted by Crippen LogP contribution is 2.29. The SMILES string of the molecule is N=Nc1c(O)c2ccccc2[nH]c1=O. The first-order valence-electron chi connectivity index (χ1n) is 3.95. The van der Waals surface area contributed by atoms with Crippen LogP contribution < -0.4 is 5.56 Å². The summed E-state index contributed by atoms with van der Waals surface area (Å²) in [6.45, 7) is 0. The van der Waals surface area contributed by atoms with E-state index in [0.29, 0.717) is 10.9 Å². The van der Waals surface area contributed by atoms with Gasteiger partial charge in [-0.05, 0) is 12.1 Å². The zero-order valence-corrected chi connectivity index (χ0v) is 7.11. The molecular formula is C9H7N3O2. The molecule has 14 heavy (non-hydrogen) atoms. The van der Waals surface area contributed by atoms with Crippen LogP contribution >= 0.6 is 0 Å². The van der Waals surface area contributed by atoms with Gasteiger partial charge < -0.3 is 10.1 Å². The molecule has 5 heteroatoms. The summed E-state index contributed by atoms with van der Waals surface area (Å²) in [5.74, 6) is -0.251. The maximum atomic E-state index is 11.3. The fourth-order valence-corrected chi connectivity index (χ4v) is 1.32. The maximum Gasteiger partial charge on any atom is 0.280 e. The van der Waals surface area contributed by atoms with E-state index in [2.05, 4.69) is 10.1 Å². The Morgan fingerprint density at radius 1 is 1.36 bits per heavy atom. The lowest BCUT2D eigenvalue weighted by Gasteiger charge is -2.01. The summed E-state index contributed by atoms with van der Waals surface area (Å²) in [7, 11) is 0. The highest BCUT2D eigenvalue weighted by molar-refractivity contribution is 5.88. The van der Waals surface area contributed by atoms with E-state index in [1.165, 1.54) is 0 Å². The summed E-state index contributed by atoms with van der Waals surface area (Å²) in [6, 6.07) is 6.79. The number of hydrogen-bond donors (Lipinski definition) is 3. The van der Waals surface area contributed by atoms with E-state index >= 15 is 0 Å². The molecule has 0 bridgehead atoms. The van der Waals surface area contributed by atoms with Crippen LogP contribution in [0.1, 0.15) is 0 Å². The lowest BCUT2D eigenvalue weighted by atomic mass is 10.2. The summed E-state index contributed by atoms with van der Waals surface area (Å²) in [5, 5.41) is 13.1. The Kier molecular flexibility index (Phi) is 1.78. The maximum absolute atomic E-state index is 11.3. The quantitative estimate of drug-likeness (QED) is 0.598. The van der Waals surface area contributed by atoms with Crippen LogP contribution in [0.25, 0.3) is 10.9 Å². The topological polar surface area (TPSA) is 89.3 Å². The van der Waals surface area contributed by atoms with Gasteiger partial charge in [0.15, 0.2) is 11.4 Å². The van der Waals surface area contributed by atoms with Crippen molar-refractivity contribution < 1.29 is 5.11 Å². The Hall–Kier alpha value is -2.17. The smallest absolute Gasteiger partial charge is 0.280 e. The zero-order chi connectivity index (χ0) is 10.1. The second-order valence-corrected chi connectivity index (χ2v) is 2.81. The highest BCUT2D eigenvalue weighted by atomic mass is 16.3. The normalized spacial score (nSPS) is 10.3. The Bertz CT molecular complexity index is 559. The number of hydrogen-bond acceptors (Lipinski definition) is 4. The lowest BCUT2D eigenvalue weighted by Crippen LogP contribution is -2.04. The molecule has 2 aromatic rings. The van der Waals surface area contributed by atoms with Crippen LogP contribution in [0, 0.1) is 5.53 Å². The van der Waals surface area contributed by atoms with Gasteiger partial charge in [-0.3, -0.25) is 4.79 Å². The van der Waals surface area contributed by atoms with Crippen LogP contribution in [0.5, 0.6) is 5.75 Å². The molecule has 3 N–H and O–H groups in total. The Morgan fingerprint density at radius 2 is 2.07 bits per heavy atom. The molecule has 1 heterocycles. The molecule has 0 amide bonds. The van der Waals surface area contributed by atoms with Crippen molar-refractivity contribution in [2.24, 2.45) is 5.11 Å². The van der Waals surface area contributed by atoms with Gasteiger partial charge in [0.2, 0.25) is 0 Å². The van der Waals surface area contributed by atoms with Crippen LogP contribution in [-0.4, -0.2) is 10.1 Å². The number of aromatic amines is 1. The minimum absolute atomic E-state index is 0.251. The van der Waals surface area contributed by atoms with Crippen molar-refractivity contribution >= 4 is 16.6 Å². The van der Waals surface area contributed by atoms with E-state index in [1.54, 1.807) is 24.3 Å². The van der Waals surface area contributed by atoms with Crippen LogP contribution in [0.4, 0.5) is 5.69 Å². The molecule has 0 saturated heterocycles. The molecule has 70 valence electrons. The van der Waals surface area contributed by atoms with Crippen LogP contribution in [0.2, 0.25) is 0 Å². The lowest BCUT2D eigenvalue weighted by molar-refractivity contribution is 0.481. The molecule has 0 unspecified atom stereocenters. The minimum atomic E-state index is -0.559. The molecule has 0 aliphatic rings. The number of rotatable bonds is 1. The first-order valence-corrected chi connectivity index (χ1v) is 3.95. The van der Waals surface area contributed by atoms with Gasteiger partial charge in [-0.2, -0.15) is 0 Å². The fraction of sp³-hybridized carbons (Fsp3) is 0. The molecule has 0 aliphatic carbocycles. The zero-order valence-electron chi connectivity index (χ0n) is 7.11. The van der Waals surface area contributed by atoms with E-state index in [1.807, 2.05) is 0 Å². The van der Waals surface area contributed by atoms with Crippen molar-refractivity contribution in [1.82, 2.24) is 4.98 Å². The van der Waals surface area contributed by atoms with E-state index in [9.17, 15) is 9.90 Å². The van der Waals surface area contributed by atoms with E-state index in [4.69, 9.17) is 5.53 Å². The highest BCUT2D eigenvalue weighted by Gasteiger charge is 2.09. The number of fused-ring (bicyclic) bond motifs is 1. The van der Waals surface area contributed by atoms with Gasteiger partial charge in [0.25, 0.3) is 5.56 Å². The van der Waals surface area contributed by atoms with E-state index in [0.717, 1.165) is 0 Å². The second-order valence-electron chi connectivity index (χ2n) is 2.81. The Morgan fingerprint density at radius 3 is 2.79 bits per heavy atom. The summed E-state index contributed by atoms with van der Waals surface area (Å²) in [4.78, 5) is 13.8. The summed E-state index contributed by atoms with van der Waals surface area (Å²) >= 11 is 0. The predicted octanol–water partition coefficient (Wildman–Crippen LogP) is 1.90. The van der Waals surface area contributed by atoms with Crippen LogP contribution in [0.15, 0.2) is 34.2 Å². The third-order valence-electron chi connectivity index (χ3n) is 1.98. The molecule has 0 atom stereocenters. The number of H-pyrrole nitrogens is 1. The predicted molar refractivity (Wildman–Crippen MR) is 51.0 cm³/mol. The van der Waals surface area contributed by atoms with Gasteiger partial charge in [0, 0.05) is 5.39 Å². The molecule has 0 radical (unpaired) electrons. The average Bonchev–Trinajstić information content (AvgIpc) is 2.18. The first kappa shape index (κ1) is 8.43.